The molecule has 0 aromatic carbocycles. The predicted octanol–water partition coefficient (Wildman–Crippen LogP) is 0.283. The van der Waals surface area contributed by atoms with Gasteiger partial charge in [-0.3, -0.25) is 0 Å². The summed E-state index contributed by atoms with van der Waals surface area (Å²) in [6, 6.07) is 1.73. The van der Waals surface area contributed by atoms with E-state index in [1.165, 1.54) is 0 Å². The van der Waals surface area contributed by atoms with Crippen LogP contribution in [0.15, 0.2) is 6.07 Å². The Labute approximate surface area is 88.9 Å². The van der Waals surface area contributed by atoms with Crippen molar-refractivity contribution in [2.75, 3.05) is 30.0 Å². The molecule has 0 amide bonds. The van der Waals surface area contributed by atoms with E-state index in [1.807, 2.05) is 6.92 Å². The van der Waals surface area contributed by atoms with Crippen LogP contribution >= 0.6 is 0 Å². The fraction of sp³-hybridized carbons (Fsp3) is 0.556. The summed E-state index contributed by atoms with van der Waals surface area (Å²) in [4.78, 5) is 7.99. The third kappa shape index (κ3) is 3.25. The van der Waals surface area contributed by atoms with E-state index in [-0.39, 0.29) is 18.6 Å². The van der Waals surface area contributed by atoms with Gasteiger partial charge in [0.25, 0.3) is 0 Å². The summed E-state index contributed by atoms with van der Waals surface area (Å²) < 4.78 is 0. The average Bonchev–Trinajstić information content (AvgIpc) is 2.25. The first kappa shape index (κ1) is 11.5. The highest BCUT2D eigenvalue weighted by molar-refractivity contribution is 5.51. The standard InChI is InChI=1S/C9H17N5O/c1-3-6(5-15)12-8-4-7(11-2)13-9(10)14-8/h4,6,15H,3,5H2,1-2H3,(H4,10,11,12,13,14). The van der Waals surface area contributed by atoms with Gasteiger partial charge in [-0.2, -0.15) is 9.97 Å². The van der Waals surface area contributed by atoms with Crippen molar-refractivity contribution >= 4 is 17.6 Å². The Morgan fingerprint density at radius 2 is 2.13 bits per heavy atom. The SMILES string of the molecule is CCC(CO)Nc1cc(NC)nc(N)n1. The molecule has 0 bridgehead atoms. The van der Waals surface area contributed by atoms with E-state index in [4.69, 9.17) is 10.8 Å². The van der Waals surface area contributed by atoms with E-state index in [9.17, 15) is 0 Å². The highest BCUT2D eigenvalue weighted by Crippen LogP contribution is 2.13. The quantitative estimate of drug-likeness (QED) is 0.559. The molecule has 1 heterocycles. The topological polar surface area (TPSA) is 96.1 Å². The van der Waals surface area contributed by atoms with Crippen LogP contribution in [0.5, 0.6) is 0 Å². The maximum atomic E-state index is 9.03. The Kier molecular flexibility index (Phi) is 4.11. The minimum Gasteiger partial charge on any atom is -0.394 e. The largest absolute Gasteiger partial charge is 0.394 e. The number of aliphatic hydroxyl groups excluding tert-OH is 1. The Morgan fingerprint density at radius 3 is 2.67 bits per heavy atom. The number of anilines is 3. The lowest BCUT2D eigenvalue weighted by Gasteiger charge is -2.15. The van der Waals surface area contributed by atoms with Crippen molar-refractivity contribution in [3.05, 3.63) is 6.07 Å². The molecular weight excluding hydrogens is 194 g/mol. The number of nitrogens with zero attached hydrogens (tertiary/aromatic N) is 2. The molecule has 5 N–H and O–H groups in total. The van der Waals surface area contributed by atoms with Gasteiger partial charge in [0.2, 0.25) is 5.95 Å². The second-order valence-corrected chi connectivity index (χ2v) is 3.18. The molecule has 0 aliphatic carbocycles. The van der Waals surface area contributed by atoms with E-state index in [0.717, 1.165) is 6.42 Å². The molecule has 15 heavy (non-hydrogen) atoms. The molecule has 0 fully saturated rings. The molecule has 1 unspecified atom stereocenters. The average molecular weight is 211 g/mol. The monoisotopic (exact) mass is 211 g/mol. The Balaban J connectivity index is 2.79. The molecule has 0 saturated heterocycles. The molecule has 6 nitrogen and oxygen atoms in total. The van der Waals surface area contributed by atoms with Crippen LogP contribution in [0.1, 0.15) is 13.3 Å². The summed E-state index contributed by atoms with van der Waals surface area (Å²) in [6.07, 6.45) is 0.815. The van der Waals surface area contributed by atoms with Gasteiger partial charge in [0.1, 0.15) is 11.6 Å². The molecule has 6 heteroatoms. The zero-order valence-corrected chi connectivity index (χ0v) is 8.99. The summed E-state index contributed by atoms with van der Waals surface area (Å²) in [5, 5.41) is 15.0. The van der Waals surface area contributed by atoms with E-state index < -0.39 is 0 Å². The van der Waals surface area contributed by atoms with E-state index in [0.29, 0.717) is 11.6 Å². The number of rotatable bonds is 5. The highest BCUT2D eigenvalue weighted by Gasteiger charge is 2.06. The van der Waals surface area contributed by atoms with Crippen LogP contribution < -0.4 is 16.4 Å². The highest BCUT2D eigenvalue weighted by atomic mass is 16.3. The maximum absolute atomic E-state index is 9.03. The number of aromatic nitrogens is 2. The van der Waals surface area contributed by atoms with E-state index in [2.05, 4.69) is 20.6 Å². The lowest BCUT2D eigenvalue weighted by atomic mass is 10.2. The van der Waals surface area contributed by atoms with Crippen LogP contribution in [0.25, 0.3) is 0 Å². The van der Waals surface area contributed by atoms with Crippen LogP contribution in [0.4, 0.5) is 17.6 Å². The lowest BCUT2D eigenvalue weighted by Crippen LogP contribution is -2.23. The van der Waals surface area contributed by atoms with Gasteiger partial charge < -0.3 is 21.5 Å². The minimum atomic E-state index is -0.0102. The Bertz CT molecular complexity index is 313. The molecule has 0 radical (unpaired) electrons. The van der Waals surface area contributed by atoms with E-state index >= 15 is 0 Å². The fourth-order valence-corrected chi connectivity index (χ4v) is 1.15. The number of hydrogen-bond acceptors (Lipinski definition) is 6. The van der Waals surface area contributed by atoms with Crippen LogP contribution in [-0.4, -0.2) is 34.8 Å². The Hall–Kier alpha value is -1.56. The second kappa shape index (κ2) is 5.35. The van der Waals surface area contributed by atoms with Crippen molar-refractivity contribution in [1.29, 1.82) is 0 Å². The molecule has 1 atom stereocenters. The maximum Gasteiger partial charge on any atom is 0.223 e. The van der Waals surface area contributed by atoms with Gasteiger partial charge in [0, 0.05) is 13.1 Å². The second-order valence-electron chi connectivity index (χ2n) is 3.18. The molecular formula is C9H17N5O. The van der Waals surface area contributed by atoms with Crippen molar-refractivity contribution in [3.63, 3.8) is 0 Å². The van der Waals surface area contributed by atoms with Gasteiger partial charge in [-0.25, -0.2) is 0 Å². The first-order valence-electron chi connectivity index (χ1n) is 4.89. The van der Waals surface area contributed by atoms with Crippen molar-refractivity contribution in [2.24, 2.45) is 0 Å². The summed E-state index contributed by atoms with van der Waals surface area (Å²) in [7, 11) is 1.76. The van der Waals surface area contributed by atoms with Gasteiger partial charge >= 0.3 is 0 Å². The molecule has 84 valence electrons. The first-order chi connectivity index (χ1) is 7.19. The molecule has 1 aromatic rings. The number of nitrogen functional groups attached to an aromatic ring is 1. The van der Waals surface area contributed by atoms with Crippen molar-refractivity contribution < 1.29 is 5.11 Å². The van der Waals surface area contributed by atoms with Crippen molar-refractivity contribution in [3.8, 4) is 0 Å². The number of hydrogen-bond donors (Lipinski definition) is 4. The summed E-state index contributed by atoms with van der Waals surface area (Å²) in [6.45, 7) is 2.05. The van der Waals surface area contributed by atoms with Crippen molar-refractivity contribution in [1.82, 2.24) is 9.97 Å². The van der Waals surface area contributed by atoms with Crippen LogP contribution in [0.3, 0.4) is 0 Å². The summed E-state index contributed by atoms with van der Waals surface area (Å²) in [5.41, 5.74) is 5.53. The Morgan fingerprint density at radius 1 is 1.47 bits per heavy atom. The number of aliphatic hydroxyl groups is 1. The third-order valence-electron chi connectivity index (χ3n) is 2.06. The van der Waals surface area contributed by atoms with Gasteiger partial charge in [-0.1, -0.05) is 6.92 Å². The smallest absolute Gasteiger partial charge is 0.223 e. The van der Waals surface area contributed by atoms with Crippen LogP contribution in [0.2, 0.25) is 0 Å². The first-order valence-corrected chi connectivity index (χ1v) is 4.89. The van der Waals surface area contributed by atoms with Gasteiger partial charge in [0.15, 0.2) is 0 Å². The lowest BCUT2D eigenvalue weighted by molar-refractivity contribution is 0.271. The molecule has 0 spiro atoms. The summed E-state index contributed by atoms with van der Waals surface area (Å²) in [5.74, 6) is 1.47. The molecule has 0 aliphatic rings. The van der Waals surface area contributed by atoms with Gasteiger partial charge in [0.05, 0.1) is 12.6 Å². The summed E-state index contributed by atoms with van der Waals surface area (Å²) >= 11 is 0. The molecule has 1 aromatic heterocycles. The molecule has 1 rings (SSSR count). The molecule has 0 aliphatic heterocycles. The van der Waals surface area contributed by atoms with Crippen molar-refractivity contribution in [2.45, 2.75) is 19.4 Å². The number of nitrogens with two attached hydrogens (primary N) is 1. The van der Waals surface area contributed by atoms with Gasteiger partial charge in [-0.05, 0) is 6.42 Å². The number of nitrogens with one attached hydrogen (secondary N) is 2. The zero-order chi connectivity index (χ0) is 11.3. The van der Waals surface area contributed by atoms with Gasteiger partial charge in [-0.15, -0.1) is 0 Å². The normalized spacial score (nSPS) is 12.2. The minimum absolute atomic E-state index is 0.0102. The molecule has 0 saturated carbocycles. The van der Waals surface area contributed by atoms with E-state index in [1.54, 1.807) is 13.1 Å². The van der Waals surface area contributed by atoms with Crippen LogP contribution in [0, 0.1) is 0 Å². The fourth-order valence-electron chi connectivity index (χ4n) is 1.15. The predicted molar refractivity (Wildman–Crippen MR) is 60.8 cm³/mol. The third-order valence-corrected chi connectivity index (χ3v) is 2.06. The zero-order valence-electron chi connectivity index (χ0n) is 8.99. The van der Waals surface area contributed by atoms with Crippen LogP contribution in [-0.2, 0) is 0 Å².